The summed E-state index contributed by atoms with van der Waals surface area (Å²) in [5.41, 5.74) is 1.01. The molecule has 104 valence electrons. The number of benzene rings is 1. The fraction of sp³-hybridized carbons (Fsp3) is 0.333. The van der Waals surface area contributed by atoms with E-state index in [1.165, 1.54) is 11.8 Å². The van der Waals surface area contributed by atoms with Gasteiger partial charge in [-0.2, -0.15) is 0 Å². The van der Waals surface area contributed by atoms with Crippen LogP contribution in [0.25, 0.3) is 0 Å². The van der Waals surface area contributed by atoms with Crippen molar-refractivity contribution in [2.24, 2.45) is 7.05 Å². The summed E-state index contributed by atoms with van der Waals surface area (Å²) in [6, 6.07) is 10.2. The molecule has 1 atom stereocenters. The number of carbonyl (C=O) groups excluding carboxylic acids is 1. The van der Waals surface area contributed by atoms with Crippen LogP contribution in [0.15, 0.2) is 47.9 Å². The Labute approximate surface area is 122 Å². The summed E-state index contributed by atoms with van der Waals surface area (Å²) in [6.45, 7) is 0. The van der Waals surface area contributed by atoms with Crippen LogP contribution in [0, 0.1) is 0 Å². The largest absolute Gasteiger partial charge is 0.352 e. The van der Waals surface area contributed by atoms with Crippen LogP contribution in [-0.4, -0.2) is 21.5 Å². The second-order valence-corrected chi connectivity index (χ2v) is 6.08. The predicted octanol–water partition coefficient (Wildman–Crippen LogP) is 2.53. The standard InChI is InChI=1S/C15H17N3OS/c1-18-10-9-16-15(18)20-13(11-5-3-2-4-6-11)14(19)17-12-7-8-12/h2-6,9-10,12-13H,7-8H2,1H3,(H,17,19)/t13-/m1/s1. The SMILES string of the molecule is Cn1ccnc1S[C@@H](C(=O)NC1CC1)c1ccccc1. The van der Waals surface area contributed by atoms with Crippen molar-refractivity contribution < 1.29 is 4.79 Å². The Balaban J connectivity index is 1.82. The van der Waals surface area contributed by atoms with E-state index in [-0.39, 0.29) is 11.2 Å². The van der Waals surface area contributed by atoms with Crippen LogP contribution in [0.3, 0.4) is 0 Å². The normalized spacial score (nSPS) is 15.8. The molecule has 1 aliphatic carbocycles. The molecule has 1 saturated carbocycles. The van der Waals surface area contributed by atoms with E-state index in [4.69, 9.17) is 0 Å². The van der Waals surface area contributed by atoms with Crippen molar-refractivity contribution in [1.29, 1.82) is 0 Å². The first-order valence-corrected chi connectivity index (χ1v) is 7.61. The van der Waals surface area contributed by atoms with Crippen LogP contribution in [-0.2, 0) is 11.8 Å². The first kappa shape index (κ1) is 13.2. The molecule has 1 aliphatic rings. The van der Waals surface area contributed by atoms with Gasteiger partial charge in [-0.15, -0.1) is 0 Å². The molecule has 0 radical (unpaired) electrons. The Kier molecular flexibility index (Phi) is 3.78. The van der Waals surface area contributed by atoms with Gasteiger partial charge >= 0.3 is 0 Å². The zero-order chi connectivity index (χ0) is 13.9. The molecule has 1 amide bonds. The van der Waals surface area contributed by atoms with Gasteiger partial charge in [0.25, 0.3) is 0 Å². The van der Waals surface area contributed by atoms with E-state index in [9.17, 15) is 4.79 Å². The van der Waals surface area contributed by atoms with E-state index in [2.05, 4.69) is 10.3 Å². The van der Waals surface area contributed by atoms with Crippen LogP contribution in [0.5, 0.6) is 0 Å². The number of thioether (sulfide) groups is 1. The lowest BCUT2D eigenvalue weighted by Crippen LogP contribution is -2.29. The van der Waals surface area contributed by atoms with E-state index in [0.717, 1.165) is 23.6 Å². The van der Waals surface area contributed by atoms with Crippen LogP contribution in [0.4, 0.5) is 0 Å². The van der Waals surface area contributed by atoms with Gasteiger partial charge < -0.3 is 9.88 Å². The van der Waals surface area contributed by atoms with Gasteiger partial charge in [-0.25, -0.2) is 4.98 Å². The van der Waals surface area contributed by atoms with Gasteiger partial charge in [-0.3, -0.25) is 4.79 Å². The summed E-state index contributed by atoms with van der Waals surface area (Å²) in [6.07, 6.45) is 5.84. The van der Waals surface area contributed by atoms with Gasteiger partial charge in [-0.05, 0) is 18.4 Å². The van der Waals surface area contributed by atoms with Crippen LogP contribution < -0.4 is 5.32 Å². The number of carbonyl (C=O) groups is 1. The zero-order valence-electron chi connectivity index (χ0n) is 11.3. The van der Waals surface area contributed by atoms with E-state index in [0.29, 0.717) is 6.04 Å². The number of aromatic nitrogens is 2. The van der Waals surface area contributed by atoms with Crippen LogP contribution in [0.1, 0.15) is 23.7 Å². The number of amides is 1. The Hall–Kier alpha value is -1.75. The topological polar surface area (TPSA) is 46.9 Å². The Morgan fingerprint density at radius 3 is 2.75 bits per heavy atom. The number of rotatable bonds is 5. The molecule has 20 heavy (non-hydrogen) atoms. The highest BCUT2D eigenvalue weighted by molar-refractivity contribution is 8.00. The Bertz CT molecular complexity index is 592. The van der Waals surface area contributed by atoms with Gasteiger partial charge in [0.1, 0.15) is 5.25 Å². The molecular formula is C15H17N3OS. The third-order valence-corrected chi connectivity index (χ3v) is 4.59. The summed E-state index contributed by atoms with van der Waals surface area (Å²) < 4.78 is 1.94. The average molecular weight is 287 g/mol. The molecule has 0 bridgehead atoms. The lowest BCUT2D eigenvalue weighted by molar-refractivity contribution is -0.120. The maximum atomic E-state index is 12.5. The third kappa shape index (κ3) is 3.04. The quantitative estimate of drug-likeness (QED) is 0.860. The van der Waals surface area contributed by atoms with Gasteiger partial charge in [-0.1, -0.05) is 42.1 Å². The minimum atomic E-state index is -0.252. The molecule has 0 aliphatic heterocycles. The molecule has 1 aromatic heterocycles. The van der Waals surface area contributed by atoms with E-state index in [1.807, 2.05) is 48.1 Å². The third-order valence-electron chi connectivity index (χ3n) is 3.26. The molecule has 0 spiro atoms. The van der Waals surface area contributed by atoms with E-state index >= 15 is 0 Å². The van der Waals surface area contributed by atoms with Gasteiger partial charge in [0.2, 0.25) is 5.91 Å². The molecule has 1 heterocycles. The molecule has 4 nitrogen and oxygen atoms in total. The summed E-state index contributed by atoms with van der Waals surface area (Å²) >= 11 is 1.49. The maximum absolute atomic E-state index is 12.5. The van der Waals surface area contributed by atoms with Gasteiger partial charge in [0.15, 0.2) is 5.16 Å². The Morgan fingerprint density at radius 2 is 2.15 bits per heavy atom. The number of hydrogen-bond acceptors (Lipinski definition) is 3. The van der Waals surface area contributed by atoms with Crippen molar-refractivity contribution in [2.75, 3.05) is 0 Å². The Morgan fingerprint density at radius 1 is 1.40 bits per heavy atom. The first-order chi connectivity index (χ1) is 9.74. The highest BCUT2D eigenvalue weighted by Crippen LogP contribution is 2.35. The summed E-state index contributed by atoms with van der Waals surface area (Å²) in [7, 11) is 1.94. The molecule has 1 aromatic carbocycles. The number of imidazole rings is 1. The van der Waals surface area contributed by atoms with Crippen molar-refractivity contribution in [3.63, 3.8) is 0 Å². The number of aryl methyl sites for hydroxylation is 1. The van der Waals surface area contributed by atoms with Gasteiger partial charge in [0, 0.05) is 25.5 Å². The fourth-order valence-electron chi connectivity index (χ4n) is 1.98. The molecule has 1 fully saturated rings. The molecule has 3 rings (SSSR count). The predicted molar refractivity (Wildman–Crippen MR) is 79.4 cm³/mol. The van der Waals surface area contributed by atoms with E-state index in [1.54, 1.807) is 6.20 Å². The van der Waals surface area contributed by atoms with Crippen molar-refractivity contribution in [3.05, 3.63) is 48.3 Å². The highest BCUT2D eigenvalue weighted by atomic mass is 32.2. The molecule has 2 aromatic rings. The lowest BCUT2D eigenvalue weighted by Gasteiger charge is -2.16. The van der Waals surface area contributed by atoms with Gasteiger partial charge in [0.05, 0.1) is 0 Å². The summed E-state index contributed by atoms with van der Waals surface area (Å²) in [5, 5.41) is 3.69. The average Bonchev–Trinajstić information content (AvgIpc) is 3.18. The van der Waals surface area contributed by atoms with Crippen LogP contribution in [0.2, 0.25) is 0 Å². The van der Waals surface area contributed by atoms with Crippen LogP contribution >= 0.6 is 11.8 Å². The van der Waals surface area contributed by atoms with Crippen molar-refractivity contribution in [3.8, 4) is 0 Å². The lowest BCUT2D eigenvalue weighted by atomic mass is 10.1. The fourth-order valence-corrected chi connectivity index (χ4v) is 3.00. The summed E-state index contributed by atoms with van der Waals surface area (Å²) in [4.78, 5) is 16.8. The molecule has 0 saturated heterocycles. The van der Waals surface area contributed by atoms with E-state index < -0.39 is 0 Å². The summed E-state index contributed by atoms with van der Waals surface area (Å²) in [5.74, 6) is 0.0756. The smallest absolute Gasteiger partial charge is 0.238 e. The van der Waals surface area contributed by atoms with Crippen molar-refractivity contribution >= 4 is 17.7 Å². The minimum absolute atomic E-state index is 0.0756. The van der Waals surface area contributed by atoms with Crippen molar-refractivity contribution in [1.82, 2.24) is 14.9 Å². The first-order valence-electron chi connectivity index (χ1n) is 6.73. The molecule has 5 heteroatoms. The highest BCUT2D eigenvalue weighted by Gasteiger charge is 2.29. The molecule has 1 N–H and O–H groups in total. The minimum Gasteiger partial charge on any atom is -0.352 e. The maximum Gasteiger partial charge on any atom is 0.238 e. The second kappa shape index (κ2) is 5.71. The van der Waals surface area contributed by atoms with Crippen molar-refractivity contribution in [2.45, 2.75) is 29.3 Å². The second-order valence-electron chi connectivity index (χ2n) is 5.01. The number of nitrogens with zero attached hydrogens (tertiary/aromatic N) is 2. The number of nitrogens with one attached hydrogen (secondary N) is 1. The zero-order valence-corrected chi connectivity index (χ0v) is 12.1. The monoisotopic (exact) mass is 287 g/mol. The number of hydrogen-bond donors (Lipinski definition) is 1. The molecular weight excluding hydrogens is 270 g/mol. The molecule has 0 unspecified atom stereocenters.